The van der Waals surface area contributed by atoms with Gasteiger partial charge in [0.2, 0.25) is 0 Å². The number of rotatable bonds is 8. The molecule has 114 valence electrons. The van der Waals surface area contributed by atoms with E-state index in [0.29, 0.717) is 21.7 Å². The number of halogens is 2. The average Bonchev–Trinajstić information content (AvgIpc) is 2.37. The van der Waals surface area contributed by atoms with E-state index in [2.05, 4.69) is 26.0 Å². The molecule has 8 heteroatoms. The number of benzene rings is 1. The van der Waals surface area contributed by atoms with Crippen molar-refractivity contribution < 1.29 is 8.42 Å². The molecule has 0 unspecified atom stereocenters. The number of hydrogen-bond donors (Lipinski definition) is 2. The summed E-state index contributed by atoms with van der Waals surface area (Å²) in [6, 6.07) is 4.90. The normalized spacial score (nSPS) is 11.8. The van der Waals surface area contributed by atoms with Gasteiger partial charge in [0.15, 0.2) is 0 Å². The van der Waals surface area contributed by atoms with Crippen molar-refractivity contribution >= 4 is 43.4 Å². The van der Waals surface area contributed by atoms with E-state index in [-0.39, 0.29) is 0 Å². The Morgan fingerprint density at radius 2 is 2.10 bits per heavy atom. The molecule has 0 aliphatic rings. The van der Waals surface area contributed by atoms with Crippen LogP contribution in [0.25, 0.3) is 0 Å². The molecule has 0 saturated carbocycles. The first-order valence-corrected chi connectivity index (χ1v) is 8.87. The molecule has 0 bridgehead atoms. The van der Waals surface area contributed by atoms with Crippen LogP contribution >= 0.6 is 27.5 Å². The summed E-state index contributed by atoms with van der Waals surface area (Å²) in [5, 5.41) is 3.70. The van der Waals surface area contributed by atoms with E-state index in [9.17, 15) is 8.42 Å². The maximum atomic E-state index is 12.1. The predicted octanol–water partition coefficient (Wildman–Crippen LogP) is 2.69. The second-order valence-electron chi connectivity index (χ2n) is 4.26. The lowest BCUT2D eigenvalue weighted by Crippen LogP contribution is -2.34. The van der Waals surface area contributed by atoms with Gasteiger partial charge in [-0.05, 0) is 53.6 Å². The van der Waals surface area contributed by atoms with Crippen molar-refractivity contribution in [3.8, 4) is 0 Å². The van der Waals surface area contributed by atoms with Crippen molar-refractivity contribution in [1.82, 2.24) is 9.62 Å². The SMILES string of the molecule is CCNCCCN(C)S(=O)(=O)Nc1ccc(Cl)cc1Br. The van der Waals surface area contributed by atoms with Crippen LogP contribution in [0.2, 0.25) is 5.02 Å². The molecular formula is C12H19BrClN3O2S. The van der Waals surface area contributed by atoms with Crippen molar-refractivity contribution in [2.75, 3.05) is 31.4 Å². The predicted molar refractivity (Wildman–Crippen MR) is 87.5 cm³/mol. The molecule has 20 heavy (non-hydrogen) atoms. The van der Waals surface area contributed by atoms with E-state index in [1.165, 1.54) is 4.31 Å². The standard InChI is InChI=1S/C12H19BrClN3O2S/c1-3-15-7-4-8-17(2)20(18,19)16-12-6-5-10(14)9-11(12)13/h5-6,9,15-16H,3-4,7-8H2,1-2H3. The minimum absolute atomic E-state index is 0.452. The average molecular weight is 385 g/mol. The van der Waals surface area contributed by atoms with Crippen LogP contribution in [0.4, 0.5) is 5.69 Å². The van der Waals surface area contributed by atoms with Crippen molar-refractivity contribution in [2.24, 2.45) is 0 Å². The smallest absolute Gasteiger partial charge is 0.301 e. The van der Waals surface area contributed by atoms with Gasteiger partial charge in [-0.2, -0.15) is 12.7 Å². The van der Waals surface area contributed by atoms with E-state index in [1.807, 2.05) is 6.92 Å². The maximum absolute atomic E-state index is 12.1. The van der Waals surface area contributed by atoms with Crippen molar-refractivity contribution in [2.45, 2.75) is 13.3 Å². The van der Waals surface area contributed by atoms with Crippen LogP contribution in [0.5, 0.6) is 0 Å². The van der Waals surface area contributed by atoms with E-state index >= 15 is 0 Å². The van der Waals surface area contributed by atoms with E-state index < -0.39 is 10.2 Å². The monoisotopic (exact) mass is 383 g/mol. The number of anilines is 1. The molecule has 1 aromatic carbocycles. The zero-order chi connectivity index (χ0) is 15.2. The molecule has 0 spiro atoms. The summed E-state index contributed by atoms with van der Waals surface area (Å²) in [4.78, 5) is 0. The molecule has 2 N–H and O–H groups in total. The third-order valence-corrected chi connectivity index (χ3v) is 5.03. The van der Waals surface area contributed by atoms with Gasteiger partial charge >= 0.3 is 10.2 Å². The highest BCUT2D eigenvalue weighted by Gasteiger charge is 2.18. The second kappa shape index (κ2) is 8.19. The second-order valence-corrected chi connectivity index (χ2v) is 7.33. The molecule has 1 aromatic rings. The van der Waals surface area contributed by atoms with Crippen LogP contribution in [-0.2, 0) is 10.2 Å². The Kier molecular flexibility index (Phi) is 7.25. The molecule has 0 atom stereocenters. The van der Waals surface area contributed by atoms with Gasteiger partial charge < -0.3 is 5.32 Å². The number of nitrogens with zero attached hydrogens (tertiary/aromatic N) is 1. The summed E-state index contributed by atoms with van der Waals surface area (Å²) in [6.45, 7) is 4.14. The molecule has 0 heterocycles. The minimum atomic E-state index is -3.55. The van der Waals surface area contributed by atoms with Crippen LogP contribution in [0.1, 0.15) is 13.3 Å². The first-order valence-electron chi connectivity index (χ1n) is 6.26. The van der Waals surface area contributed by atoms with Crippen molar-refractivity contribution in [3.63, 3.8) is 0 Å². The van der Waals surface area contributed by atoms with Gasteiger partial charge in [-0.25, -0.2) is 0 Å². The minimum Gasteiger partial charge on any atom is -0.317 e. The van der Waals surface area contributed by atoms with Gasteiger partial charge in [0.05, 0.1) is 5.69 Å². The largest absolute Gasteiger partial charge is 0.317 e. The first kappa shape index (κ1) is 17.7. The highest BCUT2D eigenvalue weighted by Crippen LogP contribution is 2.26. The van der Waals surface area contributed by atoms with Crippen LogP contribution < -0.4 is 10.0 Å². The van der Waals surface area contributed by atoms with Gasteiger partial charge in [0.1, 0.15) is 0 Å². The fourth-order valence-corrected chi connectivity index (χ4v) is 3.41. The van der Waals surface area contributed by atoms with Gasteiger partial charge in [-0.15, -0.1) is 0 Å². The van der Waals surface area contributed by atoms with Crippen LogP contribution in [0, 0.1) is 0 Å². The summed E-state index contributed by atoms with van der Waals surface area (Å²) in [5.74, 6) is 0. The summed E-state index contributed by atoms with van der Waals surface area (Å²) in [5.41, 5.74) is 0.466. The topological polar surface area (TPSA) is 61.4 Å². The summed E-state index contributed by atoms with van der Waals surface area (Å²) in [6.07, 6.45) is 0.757. The van der Waals surface area contributed by atoms with Crippen molar-refractivity contribution in [3.05, 3.63) is 27.7 Å². The first-order chi connectivity index (χ1) is 9.36. The molecule has 5 nitrogen and oxygen atoms in total. The molecule has 0 amide bonds. The third-order valence-electron chi connectivity index (χ3n) is 2.66. The molecule has 0 saturated heterocycles. The van der Waals surface area contributed by atoms with Gasteiger partial charge in [-0.1, -0.05) is 18.5 Å². The van der Waals surface area contributed by atoms with E-state index in [1.54, 1.807) is 25.2 Å². The third kappa shape index (κ3) is 5.57. The highest BCUT2D eigenvalue weighted by molar-refractivity contribution is 9.10. The van der Waals surface area contributed by atoms with E-state index in [0.717, 1.165) is 19.5 Å². The Labute approximate surface area is 134 Å². The zero-order valence-corrected chi connectivity index (χ0v) is 14.6. The fraction of sp³-hybridized carbons (Fsp3) is 0.500. The Hall–Kier alpha value is -0.340. The van der Waals surface area contributed by atoms with Crippen LogP contribution in [-0.4, -0.2) is 39.4 Å². The Morgan fingerprint density at radius 3 is 2.70 bits per heavy atom. The number of hydrogen-bond acceptors (Lipinski definition) is 3. The number of nitrogens with one attached hydrogen (secondary N) is 2. The lowest BCUT2D eigenvalue weighted by Gasteiger charge is -2.19. The Morgan fingerprint density at radius 1 is 1.40 bits per heavy atom. The quantitative estimate of drug-likeness (QED) is 0.677. The highest BCUT2D eigenvalue weighted by atomic mass is 79.9. The molecule has 1 rings (SSSR count). The maximum Gasteiger partial charge on any atom is 0.301 e. The summed E-state index contributed by atoms with van der Waals surface area (Å²) < 4.78 is 28.7. The summed E-state index contributed by atoms with van der Waals surface area (Å²) >= 11 is 9.11. The fourth-order valence-electron chi connectivity index (χ4n) is 1.51. The molecule has 0 fully saturated rings. The lowest BCUT2D eigenvalue weighted by molar-refractivity contribution is 0.459. The van der Waals surface area contributed by atoms with Crippen LogP contribution in [0.3, 0.4) is 0 Å². The Balaban J connectivity index is 2.64. The molecule has 0 radical (unpaired) electrons. The Bertz CT molecular complexity index is 540. The van der Waals surface area contributed by atoms with Gasteiger partial charge in [-0.3, -0.25) is 4.72 Å². The van der Waals surface area contributed by atoms with Crippen LogP contribution in [0.15, 0.2) is 22.7 Å². The van der Waals surface area contributed by atoms with Crippen molar-refractivity contribution in [1.29, 1.82) is 0 Å². The van der Waals surface area contributed by atoms with Gasteiger partial charge in [0.25, 0.3) is 0 Å². The molecule has 0 aromatic heterocycles. The zero-order valence-electron chi connectivity index (χ0n) is 11.5. The van der Waals surface area contributed by atoms with E-state index in [4.69, 9.17) is 11.6 Å². The molecular weight excluding hydrogens is 366 g/mol. The van der Waals surface area contributed by atoms with Gasteiger partial charge in [0, 0.05) is 23.1 Å². The summed E-state index contributed by atoms with van der Waals surface area (Å²) in [7, 11) is -2.00. The molecule has 0 aliphatic heterocycles. The lowest BCUT2D eigenvalue weighted by atomic mass is 10.3. The molecule has 0 aliphatic carbocycles.